The van der Waals surface area contributed by atoms with Gasteiger partial charge in [-0.2, -0.15) is 0 Å². The summed E-state index contributed by atoms with van der Waals surface area (Å²) in [6, 6.07) is 20.0. The lowest BCUT2D eigenvalue weighted by atomic mass is 10.1. The van der Waals surface area contributed by atoms with E-state index in [1.807, 2.05) is 60.7 Å². The SMILES string of the molecule is COc1cc(CNCc2cc(Cl)c3c(c2)OCCCO3)ccc1OCc1ccccc1. The van der Waals surface area contributed by atoms with Gasteiger partial charge < -0.3 is 24.3 Å². The van der Waals surface area contributed by atoms with E-state index in [9.17, 15) is 0 Å². The van der Waals surface area contributed by atoms with Crippen LogP contribution in [-0.4, -0.2) is 20.3 Å². The first kappa shape index (κ1) is 21.3. The van der Waals surface area contributed by atoms with E-state index in [0.29, 0.717) is 55.2 Å². The third-order valence-electron chi connectivity index (χ3n) is 4.99. The first-order valence-electron chi connectivity index (χ1n) is 10.4. The molecule has 1 heterocycles. The summed E-state index contributed by atoms with van der Waals surface area (Å²) in [6.45, 7) is 3.10. The highest BCUT2D eigenvalue weighted by Crippen LogP contribution is 2.38. The first-order valence-corrected chi connectivity index (χ1v) is 10.7. The topological polar surface area (TPSA) is 49.0 Å². The smallest absolute Gasteiger partial charge is 0.179 e. The maximum Gasteiger partial charge on any atom is 0.179 e. The average molecular weight is 440 g/mol. The Labute approximate surface area is 187 Å². The van der Waals surface area contributed by atoms with Crippen LogP contribution < -0.4 is 24.3 Å². The lowest BCUT2D eigenvalue weighted by Gasteiger charge is -2.14. The van der Waals surface area contributed by atoms with Crippen molar-refractivity contribution >= 4 is 11.6 Å². The Hall–Kier alpha value is -2.89. The standard InChI is InChI=1S/C25H26ClNO4/c1-28-23-13-19(8-9-22(23)31-17-18-6-3-2-4-7-18)15-27-16-20-12-21(26)25-24(14-20)29-10-5-11-30-25/h2-4,6-9,12-14,27H,5,10-11,15-17H2,1H3. The van der Waals surface area contributed by atoms with Crippen molar-refractivity contribution in [3.05, 3.63) is 82.4 Å². The zero-order valence-corrected chi connectivity index (χ0v) is 18.3. The van der Waals surface area contributed by atoms with Crippen LogP contribution in [0.25, 0.3) is 0 Å². The monoisotopic (exact) mass is 439 g/mol. The molecule has 0 radical (unpaired) electrons. The maximum atomic E-state index is 6.38. The molecule has 1 aliphatic rings. The van der Waals surface area contributed by atoms with Gasteiger partial charge in [0.1, 0.15) is 6.61 Å². The van der Waals surface area contributed by atoms with Gasteiger partial charge in [-0.15, -0.1) is 0 Å². The van der Waals surface area contributed by atoms with Gasteiger partial charge in [-0.3, -0.25) is 0 Å². The molecule has 0 saturated carbocycles. The lowest BCUT2D eigenvalue weighted by Crippen LogP contribution is -2.13. The van der Waals surface area contributed by atoms with Crippen molar-refractivity contribution in [3.8, 4) is 23.0 Å². The summed E-state index contributed by atoms with van der Waals surface area (Å²) in [5.41, 5.74) is 3.26. The largest absolute Gasteiger partial charge is 0.493 e. The quantitative estimate of drug-likeness (QED) is 0.510. The predicted octanol–water partition coefficient (Wildman–Crippen LogP) is 5.38. The van der Waals surface area contributed by atoms with Crippen molar-refractivity contribution < 1.29 is 18.9 Å². The highest BCUT2D eigenvalue weighted by Gasteiger charge is 2.15. The van der Waals surface area contributed by atoms with Gasteiger partial charge in [0, 0.05) is 19.5 Å². The second-order valence-corrected chi connectivity index (χ2v) is 7.73. The molecule has 0 saturated heterocycles. The van der Waals surface area contributed by atoms with Crippen LogP contribution in [-0.2, 0) is 19.7 Å². The molecule has 162 valence electrons. The van der Waals surface area contributed by atoms with Crippen molar-refractivity contribution in [2.45, 2.75) is 26.1 Å². The molecule has 4 rings (SSSR count). The second-order valence-electron chi connectivity index (χ2n) is 7.32. The van der Waals surface area contributed by atoms with Crippen LogP contribution in [0.5, 0.6) is 23.0 Å². The van der Waals surface area contributed by atoms with Gasteiger partial charge in [0.05, 0.1) is 25.3 Å². The van der Waals surface area contributed by atoms with Gasteiger partial charge in [0.2, 0.25) is 0 Å². The predicted molar refractivity (Wildman–Crippen MR) is 121 cm³/mol. The Bertz CT molecular complexity index is 1010. The summed E-state index contributed by atoms with van der Waals surface area (Å²) < 4.78 is 22.9. The summed E-state index contributed by atoms with van der Waals surface area (Å²) >= 11 is 6.38. The van der Waals surface area contributed by atoms with Crippen LogP contribution in [0.4, 0.5) is 0 Å². The zero-order valence-electron chi connectivity index (χ0n) is 17.5. The van der Waals surface area contributed by atoms with E-state index in [1.54, 1.807) is 7.11 Å². The highest BCUT2D eigenvalue weighted by molar-refractivity contribution is 6.32. The van der Waals surface area contributed by atoms with E-state index >= 15 is 0 Å². The van der Waals surface area contributed by atoms with E-state index in [2.05, 4.69) is 5.32 Å². The summed E-state index contributed by atoms with van der Waals surface area (Å²) in [4.78, 5) is 0. The van der Waals surface area contributed by atoms with Gasteiger partial charge in [0.15, 0.2) is 23.0 Å². The van der Waals surface area contributed by atoms with Crippen molar-refractivity contribution in [2.75, 3.05) is 20.3 Å². The Morgan fingerprint density at radius 2 is 1.68 bits per heavy atom. The molecule has 6 heteroatoms. The fourth-order valence-corrected chi connectivity index (χ4v) is 3.70. The minimum absolute atomic E-state index is 0.500. The van der Waals surface area contributed by atoms with E-state index < -0.39 is 0 Å². The maximum absolute atomic E-state index is 6.38. The lowest BCUT2D eigenvalue weighted by molar-refractivity contribution is 0.284. The van der Waals surface area contributed by atoms with E-state index in [-0.39, 0.29) is 0 Å². The second kappa shape index (κ2) is 10.4. The van der Waals surface area contributed by atoms with Crippen LogP contribution in [0.2, 0.25) is 5.02 Å². The third kappa shape index (κ3) is 5.63. The fraction of sp³-hybridized carbons (Fsp3) is 0.280. The molecule has 0 atom stereocenters. The molecule has 0 spiro atoms. The molecule has 0 aromatic heterocycles. The number of hydrogen-bond donors (Lipinski definition) is 1. The van der Waals surface area contributed by atoms with Crippen LogP contribution in [0.1, 0.15) is 23.1 Å². The van der Waals surface area contributed by atoms with E-state index in [1.165, 1.54) is 0 Å². The summed E-state index contributed by atoms with van der Waals surface area (Å²) in [6.07, 6.45) is 0.853. The molecule has 3 aromatic carbocycles. The van der Waals surface area contributed by atoms with E-state index in [4.69, 9.17) is 30.5 Å². The number of ether oxygens (including phenoxy) is 4. The number of benzene rings is 3. The number of rotatable bonds is 8. The molecule has 0 unspecified atom stereocenters. The molecule has 0 aliphatic carbocycles. The molecule has 1 N–H and O–H groups in total. The van der Waals surface area contributed by atoms with Crippen molar-refractivity contribution in [2.24, 2.45) is 0 Å². The zero-order chi connectivity index (χ0) is 21.5. The number of hydrogen-bond acceptors (Lipinski definition) is 5. The van der Waals surface area contributed by atoms with Gasteiger partial charge in [0.25, 0.3) is 0 Å². The van der Waals surface area contributed by atoms with Gasteiger partial charge in [-0.1, -0.05) is 48.0 Å². The highest BCUT2D eigenvalue weighted by atomic mass is 35.5. The molecular weight excluding hydrogens is 414 g/mol. The number of fused-ring (bicyclic) bond motifs is 1. The average Bonchev–Trinajstić information content (AvgIpc) is 3.05. The minimum atomic E-state index is 0.500. The number of methoxy groups -OCH3 is 1. The van der Waals surface area contributed by atoms with Gasteiger partial charge in [-0.05, 0) is 41.0 Å². The summed E-state index contributed by atoms with van der Waals surface area (Å²) in [5.74, 6) is 2.79. The number of halogens is 1. The Morgan fingerprint density at radius 3 is 2.52 bits per heavy atom. The van der Waals surface area contributed by atoms with Crippen molar-refractivity contribution in [3.63, 3.8) is 0 Å². The van der Waals surface area contributed by atoms with Crippen LogP contribution in [0.3, 0.4) is 0 Å². The fourth-order valence-electron chi connectivity index (χ4n) is 3.41. The molecule has 0 bridgehead atoms. The molecule has 1 aliphatic heterocycles. The Kier molecular flexibility index (Phi) is 7.18. The van der Waals surface area contributed by atoms with Crippen molar-refractivity contribution in [1.82, 2.24) is 5.32 Å². The summed E-state index contributed by atoms with van der Waals surface area (Å²) in [7, 11) is 1.65. The molecule has 5 nitrogen and oxygen atoms in total. The van der Waals surface area contributed by atoms with E-state index in [0.717, 1.165) is 28.9 Å². The Balaban J connectivity index is 1.35. The first-order chi connectivity index (χ1) is 15.2. The van der Waals surface area contributed by atoms with Crippen LogP contribution in [0, 0.1) is 0 Å². The van der Waals surface area contributed by atoms with Crippen LogP contribution >= 0.6 is 11.6 Å². The van der Waals surface area contributed by atoms with Crippen LogP contribution in [0.15, 0.2) is 60.7 Å². The van der Waals surface area contributed by atoms with Gasteiger partial charge in [-0.25, -0.2) is 0 Å². The molecule has 0 fully saturated rings. The normalized spacial score (nSPS) is 12.8. The molecule has 3 aromatic rings. The minimum Gasteiger partial charge on any atom is -0.493 e. The third-order valence-corrected chi connectivity index (χ3v) is 5.27. The molecular formula is C25H26ClNO4. The van der Waals surface area contributed by atoms with Gasteiger partial charge >= 0.3 is 0 Å². The summed E-state index contributed by atoms with van der Waals surface area (Å²) in [5, 5.41) is 4.03. The number of nitrogens with one attached hydrogen (secondary N) is 1. The molecule has 0 amide bonds. The Morgan fingerprint density at radius 1 is 0.871 bits per heavy atom. The molecule has 31 heavy (non-hydrogen) atoms. The van der Waals surface area contributed by atoms with Crippen molar-refractivity contribution in [1.29, 1.82) is 0 Å².